The Morgan fingerprint density at radius 3 is 2.31 bits per heavy atom. The van der Waals surface area contributed by atoms with Gasteiger partial charge >= 0.3 is 0 Å². The molecule has 0 radical (unpaired) electrons. The summed E-state index contributed by atoms with van der Waals surface area (Å²) in [7, 11) is 0. The van der Waals surface area contributed by atoms with E-state index in [0.717, 1.165) is 11.5 Å². The molecule has 0 bridgehead atoms. The molecular weight excluding hydrogens is 194 g/mol. The Morgan fingerprint density at radius 1 is 1.00 bits per heavy atom. The Hall–Kier alpha value is -0.0400. The fourth-order valence-corrected chi connectivity index (χ4v) is 3.43. The zero-order valence-corrected chi connectivity index (χ0v) is 11.1. The van der Waals surface area contributed by atoms with Gasteiger partial charge < -0.3 is 5.32 Å². The molecule has 2 rings (SSSR count). The Labute approximate surface area is 101 Å². The average molecular weight is 223 g/mol. The molecule has 0 atom stereocenters. The van der Waals surface area contributed by atoms with E-state index in [9.17, 15) is 0 Å². The molecule has 16 heavy (non-hydrogen) atoms. The van der Waals surface area contributed by atoms with Gasteiger partial charge in [0.05, 0.1) is 0 Å². The predicted molar refractivity (Wildman–Crippen MR) is 70.7 cm³/mol. The first kappa shape index (κ1) is 12.4. The van der Waals surface area contributed by atoms with Crippen LogP contribution < -0.4 is 5.32 Å². The third-order valence-corrected chi connectivity index (χ3v) is 4.74. The van der Waals surface area contributed by atoms with Gasteiger partial charge in [0.25, 0.3) is 0 Å². The van der Waals surface area contributed by atoms with Crippen molar-refractivity contribution < 1.29 is 0 Å². The van der Waals surface area contributed by atoms with Crippen LogP contribution in [0.4, 0.5) is 0 Å². The molecule has 2 aliphatic carbocycles. The van der Waals surface area contributed by atoms with Crippen molar-refractivity contribution in [3.05, 3.63) is 0 Å². The summed E-state index contributed by atoms with van der Waals surface area (Å²) >= 11 is 0. The molecular formula is C15H29N. The minimum atomic E-state index is 0.846. The lowest BCUT2D eigenvalue weighted by Crippen LogP contribution is -2.52. The van der Waals surface area contributed by atoms with Crippen LogP contribution in [0.15, 0.2) is 0 Å². The van der Waals surface area contributed by atoms with Crippen LogP contribution in [-0.2, 0) is 0 Å². The fraction of sp³-hybridized carbons (Fsp3) is 1.00. The summed E-state index contributed by atoms with van der Waals surface area (Å²) < 4.78 is 0. The van der Waals surface area contributed by atoms with E-state index in [1.807, 2.05) is 0 Å². The second-order valence-corrected chi connectivity index (χ2v) is 6.18. The molecule has 0 aromatic rings. The molecule has 94 valence electrons. The van der Waals surface area contributed by atoms with Gasteiger partial charge in [-0.3, -0.25) is 0 Å². The highest BCUT2D eigenvalue weighted by Gasteiger charge is 2.47. The van der Waals surface area contributed by atoms with Crippen LogP contribution in [0.5, 0.6) is 0 Å². The summed E-state index contributed by atoms with van der Waals surface area (Å²) in [6.45, 7) is 3.56. The molecule has 0 amide bonds. The number of hydrogen-bond acceptors (Lipinski definition) is 1. The van der Waals surface area contributed by atoms with Crippen molar-refractivity contribution in [1.29, 1.82) is 0 Å². The van der Waals surface area contributed by atoms with E-state index in [1.54, 1.807) is 0 Å². The third kappa shape index (κ3) is 3.23. The first-order chi connectivity index (χ1) is 7.85. The molecule has 0 saturated heterocycles. The fourth-order valence-electron chi connectivity index (χ4n) is 3.43. The molecule has 2 saturated carbocycles. The lowest BCUT2D eigenvalue weighted by atomic mass is 9.54. The highest BCUT2D eigenvalue weighted by atomic mass is 14.9. The zero-order chi connectivity index (χ0) is 11.3. The molecule has 0 aliphatic heterocycles. The minimum absolute atomic E-state index is 0.846. The van der Waals surface area contributed by atoms with E-state index in [0.29, 0.717) is 0 Å². The zero-order valence-electron chi connectivity index (χ0n) is 11.1. The smallest absolute Gasteiger partial charge is 0.00776 e. The lowest BCUT2D eigenvalue weighted by Gasteiger charge is -2.54. The molecule has 0 heterocycles. The van der Waals surface area contributed by atoms with Gasteiger partial charge in [-0.1, -0.05) is 45.4 Å². The van der Waals surface area contributed by atoms with Crippen molar-refractivity contribution in [1.82, 2.24) is 5.32 Å². The summed E-state index contributed by atoms with van der Waals surface area (Å²) in [5, 5.41) is 3.73. The quantitative estimate of drug-likeness (QED) is 0.606. The van der Waals surface area contributed by atoms with Gasteiger partial charge in [0.1, 0.15) is 0 Å². The summed E-state index contributed by atoms with van der Waals surface area (Å²) in [4.78, 5) is 0. The molecule has 0 aromatic carbocycles. The Kier molecular flexibility index (Phi) is 4.69. The van der Waals surface area contributed by atoms with Gasteiger partial charge in [0, 0.05) is 6.04 Å². The summed E-state index contributed by atoms with van der Waals surface area (Å²) in [5.41, 5.74) is 0.846. The van der Waals surface area contributed by atoms with Crippen LogP contribution in [-0.4, -0.2) is 12.6 Å². The molecule has 0 aromatic heterocycles. The second kappa shape index (κ2) is 6.05. The highest BCUT2D eigenvalue weighted by Crippen LogP contribution is 2.55. The van der Waals surface area contributed by atoms with Crippen LogP contribution in [0.2, 0.25) is 0 Å². The number of nitrogens with one attached hydrogen (secondary N) is 1. The summed E-state index contributed by atoms with van der Waals surface area (Å²) in [5.74, 6) is 0. The number of unbranched alkanes of at least 4 members (excludes halogenated alkanes) is 5. The van der Waals surface area contributed by atoms with Gasteiger partial charge in [-0.15, -0.1) is 0 Å². The van der Waals surface area contributed by atoms with E-state index in [2.05, 4.69) is 12.2 Å². The maximum atomic E-state index is 3.73. The van der Waals surface area contributed by atoms with Gasteiger partial charge in [0.15, 0.2) is 0 Å². The van der Waals surface area contributed by atoms with Crippen LogP contribution in [0.25, 0.3) is 0 Å². The standard InChI is InChI=1S/C15H29N/c1-2-3-4-5-6-7-11-16-14-12-15(13-14)9-8-10-15/h14,16H,2-13H2,1H3. The molecule has 1 spiro atoms. The van der Waals surface area contributed by atoms with Gasteiger partial charge in [0.2, 0.25) is 0 Å². The third-order valence-electron chi connectivity index (χ3n) is 4.74. The van der Waals surface area contributed by atoms with E-state index >= 15 is 0 Å². The van der Waals surface area contributed by atoms with Crippen LogP contribution in [0.1, 0.15) is 77.6 Å². The molecule has 2 aliphatic rings. The topological polar surface area (TPSA) is 12.0 Å². The van der Waals surface area contributed by atoms with Crippen LogP contribution in [0, 0.1) is 5.41 Å². The maximum absolute atomic E-state index is 3.73. The van der Waals surface area contributed by atoms with Crippen LogP contribution >= 0.6 is 0 Å². The Bertz CT molecular complexity index is 188. The summed E-state index contributed by atoms with van der Waals surface area (Å²) in [6.07, 6.45) is 16.1. The average Bonchev–Trinajstić information content (AvgIpc) is 2.16. The largest absolute Gasteiger partial charge is 0.314 e. The van der Waals surface area contributed by atoms with E-state index < -0.39 is 0 Å². The van der Waals surface area contributed by atoms with Crippen molar-refractivity contribution in [2.24, 2.45) is 5.41 Å². The predicted octanol–water partition coefficient (Wildman–Crippen LogP) is 4.27. The molecule has 2 fully saturated rings. The van der Waals surface area contributed by atoms with Crippen molar-refractivity contribution in [3.63, 3.8) is 0 Å². The normalized spacial score (nSPS) is 23.1. The first-order valence-corrected chi connectivity index (χ1v) is 7.58. The highest BCUT2D eigenvalue weighted by molar-refractivity contribution is 5.02. The SMILES string of the molecule is CCCCCCCCNC1CC2(CCC2)C1. The van der Waals surface area contributed by atoms with E-state index in [4.69, 9.17) is 0 Å². The van der Waals surface area contributed by atoms with Crippen molar-refractivity contribution >= 4 is 0 Å². The number of rotatable bonds is 8. The van der Waals surface area contributed by atoms with Crippen molar-refractivity contribution in [2.45, 2.75) is 83.6 Å². The number of hydrogen-bond donors (Lipinski definition) is 1. The van der Waals surface area contributed by atoms with Gasteiger partial charge in [-0.2, -0.15) is 0 Å². The van der Waals surface area contributed by atoms with Crippen molar-refractivity contribution in [2.75, 3.05) is 6.54 Å². The van der Waals surface area contributed by atoms with Gasteiger partial charge in [-0.05, 0) is 44.1 Å². The first-order valence-electron chi connectivity index (χ1n) is 7.58. The Morgan fingerprint density at radius 2 is 1.69 bits per heavy atom. The molecule has 1 nitrogen and oxygen atoms in total. The molecule has 1 heteroatoms. The van der Waals surface area contributed by atoms with Crippen molar-refractivity contribution in [3.8, 4) is 0 Å². The maximum Gasteiger partial charge on any atom is 0.00776 e. The molecule has 0 unspecified atom stereocenters. The Balaban J connectivity index is 1.36. The van der Waals surface area contributed by atoms with Gasteiger partial charge in [-0.25, -0.2) is 0 Å². The lowest BCUT2D eigenvalue weighted by molar-refractivity contribution is -0.00195. The summed E-state index contributed by atoms with van der Waals surface area (Å²) in [6, 6.07) is 0.885. The molecule has 1 N–H and O–H groups in total. The monoisotopic (exact) mass is 223 g/mol. The van der Waals surface area contributed by atoms with E-state index in [-0.39, 0.29) is 0 Å². The minimum Gasteiger partial charge on any atom is -0.314 e. The second-order valence-electron chi connectivity index (χ2n) is 6.18. The van der Waals surface area contributed by atoms with Crippen LogP contribution in [0.3, 0.4) is 0 Å². The van der Waals surface area contributed by atoms with E-state index in [1.165, 1.54) is 77.2 Å².